The van der Waals surface area contributed by atoms with Crippen LogP contribution in [0, 0.1) is 6.36 Å². The normalized spacial score (nSPS) is 10.3. The quantitative estimate of drug-likeness (QED) is 0.737. The summed E-state index contributed by atoms with van der Waals surface area (Å²) in [5, 5.41) is 0. The lowest BCUT2D eigenvalue weighted by molar-refractivity contribution is 0.220. The Morgan fingerprint density at radius 1 is 0.800 bits per heavy atom. The summed E-state index contributed by atoms with van der Waals surface area (Å²) in [6, 6.07) is 17.6. The minimum absolute atomic E-state index is 0.446. The first-order chi connectivity index (χ1) is 7.36. The number of halogens is 1. The van der Waals surface area contributed by atoms with Crippen molar-refractivity contribution in [2.75, 3.05) is 0 Å². The van der Waals surface area contributed by atoms with Crippen LogP contribution in [0.2, 0.25) is 0 Å². The van der Waals surface area contributed by atoms with Crippen LogP contribution in [-0.2, 0) is 0 Å². The number of benzene rings is 2. The van der Waals surface area contributed by atoms with Crippen molar-refractivity contribution in [1.29, 1.82) is 0 Å². The molecule has 0 heterocycles. The second kappa shape index (κ2) is 4.60. The van der Waals surface area contributed by atoms with Gasteiger partial charge < -0.3 is 4.74 Å². The Labute approximate surface area is 88.1 Å². The molecule has 15 heavy (non-hydrogen) atoms. The average molecular weight is 201 g/mol. The van der Waals surface area contributed by atoms with Crippen LogP contribution in [0.3, 0.4) is 0 Å². The lowest BCUT2D eigenvalue weighted by Crippen LogP contribution is -2.01. The van der Waals surface area contributed by atoms with Gasteiger partial charge in [0.1, 0.15) is 5.75 Å². The Hall–Kier alpha value is -1.83. The zero-order chi connectivity index (χ0) is 10.5. The minimum Gasteiger partial charge on any atom is -0.448 e. The van der Waals surface area contributed by atoms with Gasteiger partial charge in [-0.05, 0) is 12.1 Å². The fourth-order valence-electron chi connectivity index (χ4n) is 1.22. The van der Waals surface area contributed by atoms with Crippen LogP contribution in [0.15, 0.2) is 60.7 Å². The molecule has 0 bridgehead atoms. The van der Waals surface area contributed by atoms with Gasteiger partial charge in [-0.3, -0.25) is 0 Å². The molecular weight excluding hydrogens is 191 g/mol. The molecule has 0 aliphatic carbocycles. The fourth-order valence-corrected chi connectivity index (χ4v) is 1.22. The first-order valence-electron chi connectivity index (χ1n) is 4.67. The van der Waals surface area contributed by atoms with Gasteiger partial charge in [0, 0.05) is 5.56 Å². The highest BCUT2D eigenvalue weighted by molar-refractivity contribution is 5.28. The summed E-state index contributed by atoms with van der Waals surface area (Å²) in [5.74, 6) is 0.499. The van der Waals surface area contributed by atoms with Crippen molar-refractivity contribution in [3.8, 4) is 5.75 Å². The number of rotatable bonds is 3. The second-order valence-electron chi connectivity index (χ2n) is 3.05. The van der Waals surface area contributed by atoms with Crippen molar-refractivity contribution in [3.63, 3.8) is 0 Å². The molecule has 0 aliphatic heterocycles. The molecule has 0 amide bonds. The third kappa shape index (κ3) is 2.56. The molecule has 1 radical (unpaired) electrons. The van der Waals surface area contributed by atoms with E-state index in [-0.39, 0.29) is 0 Å². The summed E-state index contributed by atoms with van der Waals surface area (Å²) >= 11 is 0. The van der Waals surface area contributed by atoms with Crippen LogP contribution in [0.1, 0.15) is 5.56 Å². The van der Waals surface area contributed by atoms with Gasteiger partial charge >= 0.3 is 6.36 Å². The molecule has 0 N–H and O–H groups in total. The van der Waals surface area contributed by atoms with Gasteiger partial charge in [0.15, 0.2) is 0 Å². The second-order valence-corrected chi connectivity index (χ2v) is 3.05. The van der Waals surface area contributed by atoms with Crippen LogP contribution in [0.5, 0.6) is 5.75 Å². The van der Waals surface area contributed by atoms with Crippen molar-refractivity contribution >= 4 is 0 Å². The molecule has 0 saturated carbocycles. The molecule has 2 rings (SSSR count). The molecule has 0 spiro atoms. The fraction of sp³-hybridized carbons (Fsp3) is 0. The zero-order valence-corrected chi connectivity index (χ0v) is 8.06. The van der Waals surface area contributed by atoms with Crippen molar-refractivity contribution in [2.24, 2.45) is 0 Å². The minimum atomic E-state index is -0.582. The van der Waals surface area contributed by atoms with E-state index in [1.165, 1.54) is 0 Å². The summed E-state index contributed by atoms with van der Waals surface area (Å²) in [7, 11) is 0. The van der Waals surface area contributed by atoms with E-state index in [1.807, 2.05) is 12.1 Å². The summed E-state index contributed by atoms with van der Waals surface area (Å²) in [6.07, 6.45) is -0.582. The monoisotopic (exact) mass is 201 g/mol. The molecule has 0 saturated heterocycles. The highest BCUT2D eigenvalue weighted by Gasteiger charge is 2.12. The maximum atomic E-state index is 13.5. The summed E-state index contributed by atoms with van der Waals surface area (Å²) in [6.45, 7) is 0. The van der Waals surface area contributed by atoms with E-state index in [1.54, 1.807) is 48.5 Å². The molecule has 75 valence electrons. The molecule has 0 fully saturated rings. The Morgan fingerprint density at radius 3 is 1.93 bits per heavy atom. The predicted molar refractivity (Wildman–Crippen MR) is 57.0 cm³/mol. The van der Waals surface area contributed by atoms with Crippen molar-refractivity contribution in [3.05, 3.63) is 72.6 Å². The lowest BCUT2D eigenvalue weighted by Gasteiger charge is -2.08. The standard InChI is InChI=1S/C13H10FO/c14-13(11-7-3-1-4-8-11)15-12-9-5-2-6-10-12/h1-10H. The maximum Gasteiger partial charge on any atom is 0.349 e. The van der Waals surface area contributed by atoms with Crippen LogP contribution in [-0.4, -0.2) is 0 Å². The van der Waals surface area contributed by atoms with E-state index >= 15 is 0 Å². The summed E-state index contributed by atoms with van der Waals surface area (Å²) in [5.41, 5.74) is 0.446. The SMILES string of the molecule is F[C](Oc1ccccc1)c1ccccc1. The summed E-state index contributed by atoms with van der Waals surface area (Å²) < 4.78 is 18.6. The molecule has 2 heteroatoms. The molecule has 0 unspecified atom stereocenters. The van der Waals surface area contributed by atoms with Gasteiger partial charge in [0.25, 0.3) is 0 Å². The number of para-hydroxylation sites is 1. The maximum absolute atomic E-state index is 13.5. The predicted octanol–water partition coefficient (Wildman–Crippen LogP) is 3.57. The Kier molecular flexibility index (Phi) is 2.98. The van der Waals surface area contributed by atoms with E-state index < -0.39 is 6.36 Å². The van der Waals surface area contributed by atoms with Gasteiger partial charge in [-0.1, -0.05) is 48.5 Å². The zero-order valence-electron chi connectivity index (χ0n) is 8.06. The van der Waals surface area contributed by atoms with Crippen LogP contribution < -0.4 is 4.74 Å². The van der Waals surface area contributed by atoms with Crippen molar-refractivity contribution in [1.82, 2.24) is 0 Å². The van der Waals surface area contributed by atoms with Gasteiger partial charge in [-0.25, -0.2) is 0 Å². The van der Waals surface area contributed by atoms with E-state index in [0.717, 1.165) is 0 Å². The van der Waals surface area contributed by atoms with Crippen molar-refractivity contribution in [2.45, 2.75) is 0 Å². The smallest absolute Gasteiger partial charge is 0.349 e. The van der Waals surface area contributed by atoms with E-state index in [4.69, 9.17) is 4.74 Å². The molecule has 2 aromatic rings. The van der Waals surface area contributed by atoms with E-state index in [0.29, 0.717) is 11.3 Å². The molecule has 0 atom stereocenters. The third-order valence-corrected chi connectivity index (χ3v) is 1.95. The van der Waals surface area contributed by atoms with E-state index in [9.17, 15) is 4.39 Å². The highest BCUT2D eigenvalue weighted by atomic mass is 19.1. The highest BCUT2D eigenvalue weighted by Crippen LogP contribution is 2.21. The molecule has 0 aromatic heterocycles. The number of hydrogen-bond acceptors (Lipinski definition) is 1. The average Bonchev–Trinajstić information content (AvgIpc) is 2.31. The largest absolute Gasteiger partial charge is 0.448 e. The van der Waals surface area contributed by atoms with E-state index in [2.05, 4.69) is 0 Å². The summed E-state index contributed by atoms with van der Waals surface area (Å²) in [4.78, 5) is 0. The molecular formula is C13H10FO. The van der Waals surface area contributed by atoms with Gasteiger partial charge in [-0.2, -0.15) is 4.39 Å². The van der Waals surface area contributed by atoms with Crippen LogP contribution >= 0.6 is 0 Å². The molecule has 2 aromatic carbocycles. The van der Waals surface area contributed by atoms with Gasteiger partial charge in [-0.15, -0.1) is 0 Å². The first kappa shape index (κ1) is 9.71. The third-order valence-electron chi connectivity index (χ3n) is 1.95. The van der Waals surface area contributed by atoms with Crippen LogP contribution in [0.4, 0.5) is 4.39 Å². The number of ether oxygens (including phenoxy) is 1. The van der Waals surface area contributed by atoms with Gasteiger partial charge in [0.2, 0.25) is 0 Å². The lowest BCUT2D eigenvalue weighted by atomic mass is 10.2. The van der Waals surface area contributed by atoms with Gasteiger partial charge in [0.05, 0.1) is 0 Å². The van der Waals surface area contributed by atoms with Crippen molar-refractivity contribution < 1.29 is 9.13 Å². The Bertz CT molecular complexity index is 399. The van der Waals surface area contributed by atoms with Crippen LogP contribution in [0.25, 0.3) is 0 Å². The number of hydrogen-bond donors (Lipinski definition) is 0. The first-order valence-corrected chi connectivity index (χ1v) is 4.67. The topological polar surface area (TPSA) is 9.23 Å². The Morgan fingerprint density at radius 2 is 1.33 bits per heavy atom. The molecule has 1 nitrogen and oxygen atoms in total. The molecule has 0 aliphatic rings. The Balaban J connectivity index is 2.08.